The number of hydrogen-bond donors (Lipinski definition) is 1. The van der Waals surface area contributed by atoms with Crippen molar-refractivity contribution in [3.63, 3.8) is 0 Å². The normalized spacial score (nSPS) is 13.0. The Morgan fingerprint density at radius 3 is 2.48 bits per heavy atom. The van der Waals surface area contributed by atoms with Gasteiger partial charge >= 0.3 is 0 Å². The highest BCUT2D eigenvalue weighted by Crippen LogP contribution is 2.26. The molecular formula is C17H21ClN2O4S. The zero-order valence-corrected chi connectivity index (χ0v) is 16.1. The molecule has 0 saturated carbocycles. The van der Waals surface area contributed by atoms with E-state index < -0.39 is 15.9 Å². The summed E-state index contributed by atoms with van der Waals surface area (Å²) in [7, 11) is -2.11. The highest BCUT2D eigenvalue weighted by atomic mass is 35.5. The molecule has 1 atom stereocenters. The van der Waals surface area contributed by atoms with Crippen molar-refractivity contribution in [1.82, 2.24) is 9.62 Å². The first kappa shape index (κ1) is 19.5. The molecule has 25 heavy (non-hydrogen) atoms. The number of nitrogens with one attached hydrogen (secondary N) is 1. The lowest BCUT2D eigenvalue weighted by Crippen LogP contribution is -2.31. The fourth-order valence-electron chi connectivity index (χ4n) is 2.30. The third kappa shape index (κ3) is 4.42. The molecule has 0 fully saturated rings. The van der Waals surface area contributed by atoms with Crippen molar-refractivity contribution in [3.05, 3.63) is 52.9 Å². The van der Waals surface area contributed by atoms with E-state index in [-0.39, 0.29) is 27.6 Å². The molecule has 0 spiro atoms. The summed E-state index contributed by atoms with van der Waals surface area (Å²) in [6.07, 6.45) is 1.53. The summed E-state index contributed by atoms with van der Waals surface area (Å²) in [5.41, 5.74) is 0.120. The van der Waals surface area contributed by atoms with E-state index >= 15 is 0 Å². The van der Waals surface area contributed by atoms with Crippen LogP contribution in [0.1, 0.15) is 42.9 Å². The van der Waals surface area contributed by atoms with Gasteiger partial charge in [-0.05, 0) is 51.1 Å². The van der Waals surface area contributed by atoms with Crippen LogP contribution in [0.3, 0.4) is 0 Å². The van der Waals surface area contributed by atoms with Crippen LogP contribution < -0.4 is 4.72 Å². The number of carbonyl (C=O) groups excluding carboxylic acids is 1. The Kier molecular flexibility index (Phi) is 5.92. The predicted octanol–water partition coefficient (Wildman–Crippen LogP) is 3.45. The minimum Gasteiger partial charge on any atom is -0.467 e. The Hall–Kier alpha value is -1.83. The molecule has 0 bridgehead atoms. The Balaban J connectivity index is 2.35. The van der Waals surface area contributed by atoms with Gasteiger partial charge in [0.1, 0.15) is 5.76 Å². The van der Waals surface area contributed by atoms with E-state index in [4.69, 9.17) is 16.0 Å². The van der Waals surface area contributed by atoms with Gasteiger partial charge in [-0.1, -0.05) is 11.6 Å². The van der Waals surface area contributed by atoms with E-state index in [0.717, 1.165) is 0 Å². The lowest BCUT2D eigenvalue weighted by Gasteiger charge is -2.24. The Bertz CT molecular complexity index is 848. The monoisotopic (exact) mass is 384 g/mol. The lowest BCUT2D eigenvalue weighted by atomic mass is 10.1. The van der Waals surface area contributed by atoms with Gasteiger partial charge in [0.2, 0.25) is 10.0 Å². The lowest BCUT2D eigenvalue weighted by molar-refractivity contribution is 0.0726. The molecule has 0 aliphatic rings. The molecule has 1 aromatic carbocycles. The molecule has 136 valence electrons. The second kappa shape index (κ2) is 7.59. The van der Waals surface area contributed by atoms with Crippen molar-refractivity contribution < 1.29 is 17.6 Å². The zero-order valence-electron chi connectivity index (χ0n) is 14.5. The van der Waals surface area contributed by atoms with Crippen LogP contribution in [0.2, 0.25) is 5.02 Å². The van der Waals surface area contributed by atoms with E-state index in [2.05, 4.69) is 4.72 Å². The summed E-state index contributed by atoms with van der Waals surface area (Å²) in [6, 6.07) is 7.00. The van der Waals surface area contributed by atoms with Gasteiger partial charge < -0.3 is 9.32 Å². The molecule has 8 heteroatoms. The van der Waals surface area contributed by atoms with Crippen LogP contribution in [0.25, 0.3) is 0 Å². The van der Waals surface area contributed by atoms with Crippen LogP contribution in [0.15, 0.2) is 45.9 Å². The highest BCUT2D eigenvalue weighted by Gasteiger charge is 2.25. The Morgan fingerprint density at radius 2 is 1.92 bits per heavy atom. The fraction of sp³-hybridized carbons (Fsp3) is 0.353. The average molecular weight is 385 g/mol. The van der Waals surface area contributed by atoms with Crippen LogP contribution in [0.5, 0.6) is 0 Å². The summed E-state index contributed by atoms with van der Waals surface area (Å²) in [5, 5.41) is 0.187. The van der Waals surface area contributed by atoms with Crippen molar-refractivity contribution in [3.8, 4) is 0 Å². The molecule has 1 aromatic heterocycles. The van der Waals surface area contributed by atoms with Crippen molar-refractivity contribution in [2.45, 2.75) is 37.8 Å². The molecule has 2 aromatic rings. The number of nitrogens with zero attached hydrogens (tertiary/aromatic N) is 1. The van der Waals surface area contributed by atoms with E-state index in [1.165, 1.54) is 29.4 Å². The molecular weight excluding hydrogens is 364 g/mol. The third-order valence-electron chi connectivity index (χ3n) is 3.73. The summed E-state index contributed by atoms with van der Waals surface area (Å²) in [6.45, 7) is 5.25. The second-order valence-electron chi connectivity index (χ2n) is 6.03. The first-order valence-corrected chi connectivity index (χ1v) is 9.62. The maximum atomic E-state index is 12.8. The van der Waals surface area contributed by atoms with Gasteiger partial charge in [-0.3, -0.25) is 4.79 Å². The van der Waals surface area contributed by atoms with Crippen LogP contribution >= 0.6 is 11.6 Å². The van der Waals surface area contributed by atoms with Gasteiger partial charge in [0.05, 0.1) is 27.8 Å². The standard InChI is InChI=1S/C17H21ClN2O4S/c1-11(2)19-25(22,23)13-7-8-15(18)14(10-13)17(21)20(4)12(3)16-6-5-9-24-16/h5-12,19H,1-4H3. The topological polar surface area (TPSA) is 79.6 Å². The molecule has 0 aliphatic carbocycles. The summed E-state index contributed by atoms with van der Waals surface area (Å²) in [4.78, 5) is 14.2. The van der Waals surface area contributed by atoms with Gasteiger partial charge in [-0.15, -0.1) is 0 Å². The summed E-state index contributed by atoms with van der Waals surface area (Å²) < 4.78 is 32.5. The number of sulfonamides is 1. The van der Waals surface area contributed by atoms with Gasteiger partial charge in [0.25, 0.3) is 5.91 Å². The number of amides is 1. The van der Waals surface area contributed by atoms with Crippen molar-refractivity contribution in [2.24, 2.45) is 0 Å². The first-order chi connectivity index (χ1) is 11.6. The number of carbonyl (C=O) groups is 1. The van der Waals surface area contributed by atoms with Crippen molar-refractivity contribution in [1.29, 1.82) is 0 Å². The molecule has 1 unspecified atom stereocenters. The second-order valence-corrected chi connectivity index (χ2v) is 8.15. The SMILES string of the molecule is CC(C)NS(=O)(=O)c1ccc(Cl)c(C(=O)N(C)C(C)c2ccco2)c1. The smallest absolute Gasteiger partial charge is 0.255 e. The summed E-state index contributed by atoms with van der Waals surface area (Å²) in [5.74, 6) is 0.229. The minimum absolute atomic E-state index is 0.00648. The molecule has 0 saturated heterocycles. The largest absolute Gasteiger partial charge is 0.467 e. The maximum Gasteiger partial charge on any atom is 0.255 e. The van der Waals surface area contributed by atoms with Crippen LogP contribution in [-0.4, -0.2) is 32.3 Å². The number of benzene rings is 1. The van der Waals surface area contributed by atoms with E-state index in [1.807, 2.05) is 6.92 Å². The van der Waals surface area contributed by atoms with E-state index in [1.54, 1.807) is 33.0 Å². The quantitative estimate of drug-likeness (QED) is 0.827. The highest BCUT2D eigenvalue weighted by molar-refractivity contribution is 7.89. The molecule has 2 rings (SSSR count). The van der Waals surface area contributed by atoms with Crippen molar-refractivity contribution in [2.75, 3.05) is 7.05 Å². The molecule has 1 amide bonds. The number of hydrogen-bond acceptors (Lipinski definition) is 4. The molecule has 1 heterocycles. The zero-order chi connectivity index (χ0) is 18.8. The van der Waals surface area contributed by atoms with E-state index in [9.17, 15) is 13.2 Å². The van der Waals surface area contributed by atoms with Gasteiger partial charge in [0.15, 0.2) is 0 Å². The van der Waals surface area contributed by atoms with E-state index in [0.29, 0.717) is 5.76 Å². The average Bonchev–Trinajstić information content (AvgIpc) is 3.06. The van der Waals surface area contributed by atoms with Gasteiger partial charge in [-0.25, -0.2) is 13.1 Å². The predicted molar refractivity (Wildman–Crippen MR) is 96.1 cm³/mol. The Morgan fingerprint density at radius 1 is 1.24 bits per heavy atom. The Labute approximate surface area is 152 Å². The van der Waals surface area contributed by atoms with Crippen molar-refractivity contribution >= 4 is 27.5 Å². The van der Waals surface area contributed by atoms with Crippen LogP contribution in [-0.2, 0) is 10.0 Å². The maximum absolute atomic E-state index is 12.8. The van der Waals surface area contributed by atoms with Crippen LogP contribution in [0, 0.1) is 0 Å². The molecule has 0 aliphatic heterocycles. The minimum atomic E-state index is -3.72. The molecule has 6 nitrogen and oxygen atoms in total. The third-order valence-corrected chi connectivity index (χ3v) is 5.71. The molecule has 1 N–H and O–H groups in total. The first-order valence-electron chi connectivity index (χ1n) is 7.76. The summed E-state index contributed by atoms with van der Waals surface area (Å²) >= 11 is 6.13. The number of rotatable bonds is 6. The van der Waals surface area contributed by atoms with Gasteiger partial charge in [0, 0.05) is 13.1 Å². The fourth-order valence-corrected chi connectivity index (χ4v) is 3.77. The number of furan rings is 1. The molecule has 0 radical (unpaired) electrons. The van der Waals surface area contributed by atoms with Crippen LogP contribution in [0.4, 0.5) is 0 Å². The number of halogens is 1. The van der Waals surface area contributed by atoms with Gasteiger partial charge in [-0.2, -0.15) is 0 Å².